The number of sulfonamides is 1. The highest BCUT2D eigenvalue weighted by atomic mass is 32.2. The van der Waals surface area contributed by atoms with E-state index in [4.69, 9.17) is 0 Å². The predicted molar refractivity (Wildman–Crippen MR) is 73.6 cm³/mol. The maximum Gasteiger partial charge on any atom is 0.215 e. The Morgan fingerprint density at radius 1 is 1.18 bits per heavy atom. The van der Waals surface area contributed by atoms with Crippen molar-refractivity contribution in [3.8, 4) is 0 Å². The fourth-order valence-electron chi connectivity index (χ4n) is 1.67. The predicted octanol–water partition coefficient (Wildman–Crippen LogP) is 1.87. The van der Waals surface area contributed by atoms with Crippen molar-refractivity contribution < 1.29 is 8.42 Å². The minimum absolute atomic E-state index is 0.302. The molecule has 0 saturated carbocycles. The average Bonchev–Trinajstić information content (AvgIpc) is 2.11. The highest BCUT2D eigenvalue weighted by Gasteiger charge is 2.28. The molecule has 0 aromatic heterocycles. The van der Waals surface area contributed by atoms with Crippen LogP contribution >= 0.6 is 0 Å². The van der Waals surface area contributed by atoms with Gasteiger partial charge in [-0.15, -0.1) is 0 Å². The van der Waals surface area contributed by atoms with Gasteiger partial charge in [0.05, 0.1) is 5.25 Å². The van der Waals surface area contributed by atoms with Gasteiger partial charge in [0.1, 0.15) is 0 Å². The van der Waals surface area contributed by atoms with E-state index >= 15 is 0 Å². The first kappa shape index (κ1) is 16.9. The summed E-state index contributed by atoms with van der Waals surface area (Å²) in [5.41, 5.74) is -0.361. The zero-order valence-electron chi connectivity index (χ0n) is 12.0. The largest absolute Gasteiger partial charge is 0.313 e. The molecule has 104 valence electrons. The molecule has 0 aliphatic heterocycles. The zero-order chi connectivity index (χ0) is 13.7. The van der Waals surface area contributed by atoms with Crippen LogP contribution in [0.15, 0.2) is 0 Å². The first-order valence-electron chi connectivity index (χ1n) is 6.37. The monoisotopic (exact) mass is 264 g/mol. The second-order valence-corrected chi connectivity index (χ2v) is 7.75. The molecule has 4 nitrogen and oxygen atoms in total. The van der Waals surface area contributed by atoms with Gasteiger partial charge < -0.3 is 5.32 Å². The van der Waals surface area contributed by atoms with Crippen molar-refractivity contribution in [2.45, 2.75) is 71.2 Å². The molecule has 2 N–H and O–H groups in total. The van der Waals surface area contributed by atoms with E-state index in [1.165, 1.54) is 0 Å². The van der Waals surface area contributed by atoms with Gasteiger partial charge in [-0.3, -0.25) is 0 Å². The van der Waals surface area contributed by atoms with E-state index in [-0.39, 0.29) is 5.54 Å². The van der Waals surface area contributed by atoms with Crippen LogP contribution in [0.1, 0.15) is 54.4 Å². The SMILES string of the molecule is CCCC(C)(C)NS(=O)(=O)C(C)CNC(C)C. The Bertz CT molecular complexity index is 310. The van der Waals surface area contributed by atoms with Crippen LogP contribution in [-0.4, -0.2) is 31.8 Å². The van der Waals surface area contributed by atoms with Crippen molar-refractivity contribution in [3.05, 3.63) is 0 Å². The smallest absolute Gasteiger partial charge is 0.215 e. The molecule has 0 rings (SSSR count). The number of rotatable bonds is 8. The van der Waals surface area contributed by atoms with Gasteiger partial charge in [0.15, 0.2) is 0 Å². The maximum absolute atomic E-state index is 12.1. The fourth-order valence-corrected chi connectivity index (χ4v) is 3.06. The summed E-state index contributed by atoms with van der Waals surface area (Å²) in [5, 5.41) is 2.73. The third kappa shape index (κ3) is 7.01. The molecule has 0 aliphatic carbocycles. The minimum Gasteiger partial charge on any atom is -0.313 e. The van der Waals surface area contributed by atoms with Crippen molar-refractivity contribution >= 4 is 10.0 Å². The Hall–Kier alpha value is -0.130. The van der Waals surface area contributed by atoms with Crippen LogP contribution in [0.25, 0.3) is 0 Å². The van der Waals surface area contributed by atoms with Crippen molar-refractivity contribution in [2.75, 3.05) is 6.54 Å². The molecule has 0 amide bonds. The van der Waals surface area contributed by atoms with Crippen LogP contribution in [0.4, 0.5) is 0 Å². The highest BCUT2D eigenvalue weighted by molar-refractivity contribution is 7.90. The van der Waals surface area contributed by atoms with E-state index < -0.39 is 15.3 Å². The van der Waals surface area contributed by atoms with Crippen LogP contribution in [0.3, 0.4) is 0 Å². The second kappa shape index (κ2) is 6.71. The molecule has 1 unspecified atom stereocenters. The third-order valence-electron chi connectivity index (χ3n) is 2.64. The lowest BCUT2D eigenvalue weighted by Gasteiger charge is -2.27. The molecule has 0 aromatic carbocycles. The van der Waals surface area contributed by atoms with E-state index in [0.717, 1.165) is 12.8 Å². The third-order valence-corrected chi connectivity index (χ3v) is 4.70. The normalized spacial score (nSPS) is 15.2. The van der Waals surface area contributed by atoms with E-state index in [0.29, 0.717) is 12.6 Å². The van der Waals surface area contributed by atoms with Crippen LogP contribution in [0, 0.1) is 0 Å². The molecule has 0 fully saturated rings. The van der Waals surface area contributed by atoms with E-state index in [9.17, 15) is 8.42 Å². The Balaban J connectivity index is 4.46. The molecule has 0 aliphatic rings. The molecule has 0 heterocycles. The van der Waals surface area contributed by atoms with Crippen molar-refractivity contribution in [1.29, 1.82) is 0 Å². The Kier molecular flexibility index (Phi) is 6.66. The van der Waals surface area contributed by atoms with Gasteiger partial charge in [0.25, 0.3) is 0 Å². The zero-order valence-corrected chi connectivity index (χ0v) is 12.8. The summed E-state index contributed by atoms with van der Waals surface area (Å²) in [7, 11) is -3.25. The standard InChI is InChI=1S/C12H28N2O2S/c1-7-8-12(5,6)14-17(15,16)11(4)9-13-10(2)3/h10-11,13-14H,7-9H2,1-6H3. The van der Waals surface area contributed by atoms with Gasteiger partial charge in [-0.05, 0) is 27.2 Å². The van der Waals surface area contributed by atoms with Crippen LogP contribution in [0.2, 0.25) is 0 Å². The topological polar surface area (TPSA) is 58.2 Å². The van der Waals surface area contributed by atoms with Crippen molar-refractivity contribution in [3.63, 3.8) is 0 Å². The van der Waals surface area contributed by atoms with Gasteiger partial charge in [-0.25, -0.2) is 13.1 Å². The quantitative estimate of drug-likeness (QED) is 0.703. The Labute approximate surface area is 107 Å². The molecule has 0 radical (unpaired) electrons. The van der Waals surface area contributed by atoms with Crippen molar-refractivity contribution in [1.82, 2.24) is 10.0 Å². The number of nitrogens with one attached hydrogen (secondary N) is 2. The van der Waals surface area contributed by atoms with Gasteiger partial charge in [0.2, 0.25) is 10.0 Å². The molecule has 5 heteroatoms. The molecular weight excluding hydrogens is 236 g/mol. The fraction of sp³-hybridized carbons (Fsp3) is 1.00. The van der Waals surface area contributed by atoms with E-state index in [1.807, 2.05) is 27.7 Å². The molecule has 0 bridgehead atoms. The van der Waals surface area contributed by atoms with Gasteiger partial charge in [-0.1, -0.05) is 27.2 Å². The van der Waals surface area contributed by atoms with Crippen LogP contribution in [0.5, 0.6) is 0 Å². The van der Waals surface area contributed by atoms with E-state index in [2.05, 4.69) is 17.0 Å². The van der Waals surface area contributed by atoms with Crippen LogP contribution in [-0.2, 0) is 10.0 Å². The second-order valence-electron chi connectivity index (χ2n) is 5.65. The number of hydrogen-bond acceptors (Lipinski definition) is 3. The first-order valence-corrected chi connectivity index (χ1v) is 7.91. The summed E-state index contributed by atoms with van der Waals surface area (Å²) in [4.78, 5) is 0. The van der Waals surface area contributed by atoms with Gasteiger partial charge in [-0.2, -0.15) is 0 Å². The summed E-state index contributed by atoms with van der Waals surface area (Å²) < 4.78 is 27.0. The Morgan fingerprint density at radius 3 is 2.12 bits per heavy atom. The number of hydrogen-bond donors (Lipinski definition) is 2. The molecule has 0 spiro atoms. The first-order chi connectivity index (χ1) is 7.60. The maximum atomic E-state index is 12.1. The molecular formula is C12H28N2O2S. The average molecular weight is 264 g/mol. The molecule has 17 heavy (non-hydrogen) atoms. The Morgan fingerprint density at radius 2 is 1.71 bits per heavy atom. The van der Waals surface area contributed by atoms with Crippen molar-refractivity contribution in [2.24, 2.45) is 0 Å². The van der Waals surface area contributed by atoms with Crippen LogP contribution < -0.4 is 10.0 Å². The summed E-state index contributed by atoms with van der Waals surface area (Å²) in [6.45, 7) is 12.1. The summed E-state index contributed by atoms with van der Waals surface area (Å²) >= 11 is 0. The van der Waals surface area contributed by atoms with E-state index in [1.54, 1.807) is 6.92 Å². The lowest BCUT2D eigenvalue weighted by molar-refractivity contribution is 0.413. The minimum atomic E-state index is -3.25. The highest BCUT2D eigenvalue weighted by Crippen LogP contribution is 2.14. The van der Waals surface area contributed by atoms with Gasteiger partial charge >= 0.3 is 0 Å². The molecule has 1 atom stereocenters. The summed E-state index contributed by atoms with van der Waals surface area (Å²) in [6, 6.07) is 0.302. The molecule has 0 aromatic rings. The lowest BCUT2D eigenvalue weighted by atomic mass is 10.0. The summed E-state index contributed by atoms with van der Waals surface area (Å²) in [6.07, 6.45) is 1.81. The van der Waals surface area contributed by atoms with Gasteiger partial charge in [0, 0.05) is 18.1 Å². The molecule has 0 saturated heterocycles. The summed E-state index contributed by atoms with van der Waals surface area (Å²) in [5.74, 6) is 0. The lowest BCUT2D eigenvalue weighted by Crippen LogP contribution is -2.49.